The fourth-order valence-corrected chi connectivity index (χ4v) is 2.53. The second kappa shape index (κ2) is 9.32. The van der Waals surface area contributed by atoms with E-state index in [1.54, 1.807) is 17.1 Å². The van der Waals surface area contributed by atoms with Gasteiger partial charge in [-0.2, -0.15) is 5.10 Å². The van der Waals surface area contributed by atoms with E-state index < -0.39 is 0 Å². The maximum absolute atomic E-state index is 12.3. The number of nitrogens with zero attached hydrogens (tertiary/aromatic N) is 2. The summed E-state index contributed by atoms with van der Waals surface area (Å²) in [6.07, 6.45) is 3.26. The first-order chi connectivity index (χ1) is 12.0. The zero-order chi connectivity index (χ0) is 18.2. The van der Waals surface area contributed by atoms with Crippen LogP contribution in [-0.2, 0) is 17.9 Å². The van der Waals surface area contributed by atoms with Crippen LogP contribution in [0, 0.1) is 5.92 Å². The average molecular weight is 366 g/mol. The summed E-state index contributed by atoms with van der Waals surface area (Å²) in [5.41, 5.74) is 0.953. The van der Waals surface area contributed by atoms with Crippen LogP contribution in [0.5, 0.6) is 11.5 Å². The number of ether oxygens (including phenoxy) is 2. The Balaban J connectivity index is 1.92. The van der Waals surface area contributed by atoms with E-state index in [2.05, 4.69) is 10.4 Å². The van der Waals surface area contributed by atoms with Gasteiger partial charge < -0.3 is 14.8 Å². The van der Waals surface area contributed by atoms with Crippen molar-refractivity contribution < 1.29 is 14.3 Å². The summed E-state index contributed by atoms with van der Waals surface area (Å²) < 4.78 is 12.8. The predicted molar refractivity (Wildman–Crippen MR) is 97.0 cm³/mol. The number of rotatable bonds is 9. The van der Waals surface area contributed by atoms with E-state index in [-0.39, 0.29) is 11.8 Å². The van der Waals surface area contributed by atoms with E-state index in [0.717, 1.165) is 5.56 Å². The van der Waals surface area contributed by atoms with Gasteiger partial charge in [-0.3, -0.25) is 9.48 Å². The quantitative estimate of drug-likeness (QED) is 0.740. The first kappa shape index (κ1) is 19.1. The first-order valence-electron chi connectivity index (χ1n) is 8.37. The van der Waals surface area contributed by atoms with E-state index in [1.807, 2.05) is 39.0 Å². The maximum atomic E-state index is 12.3. The zero-order valence-corrected chi connectivity index (χ0v) is 15.5. The highest BCUT2D eigenvalue weighted by Crippen LogP contribution is 2.28. The topological polar surface area (TPSA) is 65.4 Å². The van der Waals surface area contributed by atoms with Crippen LogP contribution in [0.2, 0.25) is 5.02 Å². The van der Waals surface area contributed by atoms with Crippen molar-refractivity contribution in [1.82, 2.24) is 15.1 Å². The molecule has 1 atom stereocenters. The molecule has 0 radical (unpaired) electrons. The van der Waals surface area contributed by atoms with Crippen molar-refractivity contribution in [2.75, 3.05) is 13.2 Å². The molecular weight excluding hydrogens is 342 g/mol. The number of carbonyl (C=O) groups is 1. The summed E-state index contributed by atoms with van der Waals surface area (Å²) in [6.45, 7) is 7.74. The maximum Gasteiger partial charge on any atom is 0.224 e. The third-order valence-electron chi connectivity index (χ3n) is 3.58. The van der Waals surface area contributed by atoms with Gasteiger partial charge in [0, 0.05) is 12.7 Å². The highest BCUT2D eigenvalue weighted by Gasteiger charge is 2.14. The molecule has 2 aromatic rings. The van der Waals surface area contributed by atoms with Crippen LogP contribution in [0.4, 0.5) is 0 Å². The highest BCUT2D eigenvalue weighted by atomic mass is 35.5. The first-order valence-corrected chi connectivity index (χ1v) is 8.75. The summed E-state index contributed by atoms with van der Waals surface area (Å²) in [7, 11) is 0. The lowest BCUT2D eigenvalue weighted by Gasteiger charge is -2.14. The summed E-state index contributed by atoms with van der Waals surface area (Å²) >= 11 is 5.83. The van der Waals surface area contributed by atoms with E-state index in [9.17, 15) is 4.79 Å². The Labute approximate surface area is 153 Å². The van der Waals surface area contributed by atoms with Gasteiger partial charge in [0.05, 0.1) is 36.9 Å². The van der Waals surface area contributed by atoms with Gasteiger partial charge in [-0.1, -0.05) is 24.6 Å². The molecule has 6 nitrogen and oxygen atoms in total. The molecule has 1 N–H and O–H groups in total. The standard InChI is InChI=1S/C18H24ClN3O3/c1-4-24-16-7-6-14(8-17(16)25-5-2)9-20-18(23)13(3)11-22-12-15(19)10-21-22/h6-8,10,12-13H,4-5,9,11H2,1-3H3,(H,20,23). The van der Waals surface area contributed by atoms with Crippen molar-refractivity contribution in [3.05, 3.63) is 41.2 Å². The predicted octanol–water partition coefficient (Wildman–Crippen LogP) is 3.29. The molecule has 0 saturated carbocycles. The number of nitrogens with one attached hydrogen (secondary N) is 1. The molecule has 1 unspecified atom stereocenters. The summed E-state index contributed by atoms with van der Waals surface area (Å²) in [5, 5.41) is 7.59. The lowest BCUT2D eigenvalue weighted by Crippen LogP contribution is -2.31. The van der Waals surface area contributed by atoms with E-state index in [1.165, 1.54) is 0 Å². The van der Waals surface area contributed by atoms with Crippen LogP contribution in [-0.4, -0.2) is 28.9 Å². The van der Waals surface area contributed by atoms with E-state index in [0.29, 0.717) is 42.8 Å². The largest absolute Gasteiger partial charge is 0.490 e. The number of hydrogen-bond acceptors (Lipinski definition) is 4. The number of aromatic nitrogens is 2. The van der Waals surface area contributed by atoms with Gasteiger partial charge in [0.25, 0.3) is 0 Å². The smallest absolute Gasteiger partial charge is 0.224 e. The van der Waals surface area contributed by atoms with Gasteiger partial charge in [-0.25, -0.2) is 0 Å². The lowest BCUT2D eigenvalue weighted by molar-refractivity contribution is -0.125. The Hall–Kier alpha value is -2.21. The Morgan fingerprint density at radius 2 is 2.00 bits per heavy atom. The summed E-state index contributed by atoms with van der Waals surface area (Å²) in [6, 6.07) is 5.68. The SMILES string of the molecule is CCOc1ccc(CNC(=O)C(C)Cn2cc(Cl)cn2)cc1OCC. The molecule has 1 aromatic heterocycles. The monoisotopic (exact) mass is 365 g/mol. The highest BCUT2D eigenvalue weighted by molar-refractivity contribution is 6.30. The minimum atomic E-state index is -0.218. The number of benzene rings is 1. The van der Waals surface area contributed by atoms with Crippen LogP contribution < -0.4 is 14.8 Å². The van der Waals surface area contributed by atoms with Crippen LogP contribution in [0.3, 0.4) is 0 Å². The number of amides is 1. The third-order valence-corrected chi connectivity index (χ3v) is 3.78. The van der Waals surface area contributed by atoms with Gasteiger partial charge >= 0.3 is 0 Å². The Morgan fingerprint density at radius 1 is 1.28 bits per heavy atom. The van der Waals surface area contributed by atoms with Gasteiger partial charge in [0.2, 0.25) is 5.91 Å². The molecule has 25 heavy (non-hydrogen) atoms. The van der Waals surface area contributed by atoms with Crippen molar-refractivity contribution in [3.63, 3.8) is 0 Å². The van der Waals surface area contributed by atoms with Crippen molar-refractivity contribution in [3.8, 4) is 11.5 Å². The Morgan fingerprint density at radius 3 is 2.64 bits per heavy atom. The fraction of sp³-hybridized carbons (Fsp3) is 0.444. The second-order valence-electron chi connectivity index (χ2n) is 5.65. The molecule has 136 valence electrons. The van der Waals surface area contributed by atoms with Crippen LogP contribution in [0.1, 0.15) is 26.3 Å². The van der Waals surface area contributed by atoms with Crippen molar-refractivity contribution in [2.24, 2.45) is 5.92 Å². The van der Waals surface area contributed by atoms with Crippen LogP contribution >= 0.6 is 11.6 Å². The second-order valence-corrected chi connectivity index (χ2v) is 6.08. The van der Waals surface area contributed by atoms with Crippen molar-refractivity contribution in [2.45, 2.75) is 33.9 Å². The van der Waals surface area contributed by atoms with Crippen LogP contribution in [0.25, 0.3) is 0 Å². The molecule has 0 aliphatic heterocycles. The Bertz CT molecular complexity index is 703. The lowest BCUT2D eigenvalue weighted by atomic mass is 10.1. The van der Waals surface area contributed by atoms with Gasteiger partial charge in [-0.05, 0) is 31.5 Å². The molecule has 1 heterocycles. The minimum absolute atomic E-state index is 0.0431. The molecular formula is C18H24ClN3O3. The number of halogens is 1. The van der Waals surface area contributed by atoms with Gasteiger partial charge in [0.1, 0.15) is 0 Å². The fourth-order valence-electron chi connectivity index (χ4n) is 2.37. The molecule has 0 bridgehead atoms. The minimum Gasteiger partial charge on any atom is -0.490 e. The molecule has 7 heteroatoms. The number of hydrogen-bond donors (Lipinski definition) is 1. The van der Waals surface area contributed by atoms with Crippen molar-refractivity contribution in [1.29, 1.82) is 0 Å². The number of carbonyl (C=O) groups excluding carboxylic acids is 1. The molecule has 1 amide bonds. The van der Waals surface area contributed by atoms with Gasteiger partial charge in [-0.15, -0.1) is 0 Å². The van der Waals surface area contributed by atoms with E-state index in [4.69, 9.17) is 21.1 Å². The third kappa shape index (κ3) is 5.67. The summed E-state index contributed by atoms with van der Waals surface area (Å²) in [5.74, 6) is 1.14. The molecule has 0 saturated heterocycles. The molecule has 0 aliphatic carbocycles. The van der Waals surface area contributed by atoms with Gasteiger partial charge in [0.15, 0.2) is 11.5 Å². The van der Waals surface area contributed by atoms with E-state index >= 15 is 0 Å². The molecule has 2 rings (SSSR count). The van der Waals surface area contributed by atoms with Crippen molar-refractivity contribution >= 4 is 17.5 Å². The van der Waals surface area contributed by atoms with Crippen LogP contribution in [0.15, 0.2) is 30.6 Å². The molecule has 0 spiro atoms. The Kier molecular flexibility index (Phi) is 7.13. The molecule has 0 aliphatic rings. The average Bonchev–Trinajstić information content (AvgIpc) is 3.00. The normalized spacial score (nSPS) is 11.8. The molecule has 0 fully saturated rings. The summed E-state index contributed by atoms with van der Waals surface area (Å²) in [4.78, 5) is 12.3. The molecule has 1 aromatic carbocycles. The zero-order valence-electron chi connectivity index (χ0n) is 14.8.